The molecule has 9 nitrogen and oxygen atoms in total. The molecule has 1 fully saturated rings. The number of urea groups is 1. The third kappa shape index (κ3) is 8.01. The Balaban J connectivity index is 0.00000248. The molecule has 43 heavy (non-hydrogen) atoms. The Kier molecular flexibility index (Phi) is 12.8. The molecule has 1 saturated heterocycles. The van der Waals surface area contributed by atoms with Gasteiger partial charge in [-0.1, -0.05) is 54.6 Å². The summed E-state index contributed by atoms with van der Waals surface area (Å²) in [7, 11) is 5.85. The van der Waals surface area contributed by atoms with Crippen LogP contribution in [0.25, 0.3) is 0 Å². The quantitative estimate of drug-likeness (QED) is 0.168. The van der Waals surface area contributed by atoms with Crippen molar-refractivity contribution in [2.45, 2.75) is 50.2 Å². The third-order valence-corrected chi connectivity index (χ3v) is 7.32. The number of methoxy groups -OCH3 is 2. The van der Waals surface area contributed by atoms with Gasteiger partial charge in [0, 0.05) is 20.4 Å². The van der Waals surface area contributed by atoms with E-state index in [1.807, 2.05) is 73.7 Å². The highest BCUT2D eigenvalue weighted by atomic mass is 16.5. The van der Waals surface area contributed by atoms with Gasteiger partial charge in [0.25, 0.3) is 0 Å². The van der Waals surface area contributed by atoms with Crippen molar-refractivity contribution in [2.24, 2.45) is 0 Å². The number of allylic oxidation sites excluding steroid dienone is 1. The zero-order chi connectivity index (χ0) is 31.2. The van der Waals surface area contributed by atoms with Crippen molar-refractivity contribution in [3.63, 3.8) is 0 Å². The van der Waals surface area contributed by atoms with E-state index in [-0.39, 0.29) is 18.2 Å². The standard InChI is InChI=1S/C33H38N2O6.CH4O/c1-24(23-30-19-20-31(40-30)35(21-8-22-36)32(37)34-2)41-33(25-9-6-5-7-10-25,26-11-15-28(38-3)16-12-26)27-13-17-29(39-4)18-14-27;1-2/h5-18,21-22,24,30-31H,19-20,23H2,1-4H3,(H,34,37);2H,1H3/b21-8-;/t24?,30-,31?;/m0./s1. The second-order valence-electron chi connectivity index (χ2n) is 9.90. The molecule has 1 heterocycles. The van der Waals surface area contributed by atoms with Gasteiger partial charge in [-0.15, -0.1) is 0 Å². The molecule has 2 N–H and O–H groups in total. The number of rotatable bonds is 12. The van der Waals surface area contributed by atoms with Crippen molar-refractivity contribution in [3.8, 4) is 11.5 Å². The Morgan fingerprint density at radius 1 is 0.953 bits per heavy atom. The van der Waals surface area contributed by atoms with Gasteiger partial charge in [-0.25, -0.2) is 4.79 Å². The number of benzene rings is 3. The molecule has 4 rings (SSSR count). The highest BCUT2D eigenvalue weighted by Gasteiger charge is 2.40. The summed E-state index contributed by atoms with van der Waals surface area (Å²) < 4.78 is 24.3. The minimum atomic E-state index is -0.932. The van der Waals surface area contributed by atoms with Crippen LogP contribution < -0.4 is 14.8 Å². The molecule has 0 bridgehead atoms. The minimum absolute atomic E-state index is 0.132. The van der Waals surface area contributed by atoms with Crippen LogP contribution in [0.1, 0.15) is 42.9 Å². The van der Waals surface area contributed by atoms with Crippen LogP contribution in [0.15, 0.2) is 91.1 Å². The molecule has 230 valence electrons. The predicted octanol–water partition coefficient (Wildman–Crippen LogP) is 5.26. The summed E-state index contributed by atoms with van der Waals surface area (Å²) in [5, 5.41) is 9.61. The number of ether oxygens (including phenoxy) is 4. The number of carbonyl (C=O) groups excluding carboxylic acids is 2. The van der Waals surface area contributed by atoms with Crippen LogP contribution in [-0.4, -0.2) is 69.1 Å². The number of aliphatic hydroxyl groups excluding tert-OH is 1. The fourth-order valence-electron chi connectivity index (χ4n) is 5.36. The maximum atomic E-state index is 12.4. The van der Waals surface area contributed by atoms with Gasteiger partial charge in [0.1, 0.15) is 29.6 Å². The molecule has 2 amide bonds. The number of hydrogen-bond donors (Lipinski definition) is 2. The average Bonchev–Trinajstić information content (AvgIpc) is 3.52. The second kappa shape index (κ2) is 16.5. The van der Waals surface area contributed by atoms with Crippen molar-refractivity contribution >= 4 is 12.3 Å². The third-order valence-electron chi connectivity index (χ3n) is 7.32. The van der Waals surface area contributed by atoms with E-state index in [9.17, 15) is 9.59 Å². The summed E-state index contributed by atoms with van der Waals surface area (Å²) in [6, 6.07) is 25.7. The topological polar surface area (TPSA) is 107 Å². The second-order valence-corrected chi connectivity index (χ2v) is 9.90. The van der Waals surface area contributed by atoms with E-state index in [4.69, 9.17) is 24.1 Å². The highest BCUT2D eigenvalue weighted by molar-refractivity contribution is 5.76. The van der Waals surface area contributed by atoms with Crippen LogP contribution in [0, 0.1) is 0 Å². The summed E-state index contributed by atoms with van der Waals surface area (Å²) in [5.41, 5.74) is 1.96. The molecule has 2 unspecified atom stereocenters. The summed E-state index contributed by atoms with van der Waals surface area (Å²) in [4.78, 5) is 24.7. The smallest absolute Gasteiger partial charge is 0.323 e. The van der Waals surface area contributed by atoms with Crippen molar-refractivity contribution in [1.29, 1.82) is 0 Å². The van der Waals surface area contributed by atoms with Gasteiger partial charge in [0.2, 0.25) is 0 Å². The lowest BCUT2D eigenvalue weighted by Crippen LogP contribution is -2.42. The molecule has 0 aromatic heterocycles. The monoisotopic (exact) mass is 590 g/mol. The number of aldehydes is 1. The number of carbonyl (C=O) groups is 2. The van der Waals surface area contributed by atoms with Crippen LogP contribution in [-0.2, 0) is 19.9 Å². The Morgan fingerprint density at radius 3 is 1.98 bits per heavy atom. The number of aliphatic hydroxyl groups is 1. The molecule has 3 aromatic rings. The zero-order valence-electron chi connectivity index (χ0n) is 25.4. The molecule has 1 aliphatic heterocycles. The fraction of sp³-hybridized carbons (Fsp3) is 0.353. The molecular formula is C34H42N2O7. The first-order valence-electron chi connectivity index (χ1n) is 14.2. The lowest BCUT2D eigenvalue weighted by atomic mass is 9.79. The first kappa shape index (κ1) is 33.3. The number of nitrogens with zero attached hydrogens (tertiary/aromatic N) is 1. The number of nitrogens with one attached hydrogen (secondary N) is 1. The molecule has 0 spiro atoms. The summed E-state index contributed by atoms with van der Waals surface area (Å²) in [6.07, 6.45) is 4.55. The Bertz CT molecular complexity index is 1250. The number of amides is 2. The van der Waals surface area contributed by atoms with Crippen LogP contribution in [0.2, 0.25) is 0 Å². The van der Waals surface area contributed by atoms with Crippen LogP contribution >= 0.6 is 0 Å². The molecule has 1 aliphatic rings. The van der Waals surface area contributed by atoms with Gasteiger partial charge in [0.05, 0.1) is 26.4 Å². The molecule has 9 heteroatoms. The van der Waals surface area contributed by atoms with E-state index >= 15 is 0 Å². The minimum Gasteiger partial charge on any atom is -0.497 e. The van der Waals surface area contributed by atoms with E-state index in [0.717, 1.165) is 41.7 Å². The Labute approximate surface area is 254 Å². The average molecular weight is 591 g/mol. The van der Waals surface area contributed by atoms with Gasteiger partial charge in [-0.3, -0.25) is 9.69 Å². The largest absolute Gasteiger partial charge is 0.497 e. The first-order chi connectivity index (χ1) is 20.9. The Hall–Kier alpha value is -4.18. The van der Waals surface area contributed by atoms with Gasteiger partial charge >= 0.3 is 6.03 Å². The predicted molar refractivity (Wildman–Crippen MR) is 165 cm³/mol. The normalized spacial score (nSPS) is 17.0. The highest BCUT2D eigenvalue weighted by Crippen LogP contribution is 2.43. The molecule has 0 aliphatic carbocycles. The van der Waals surface area contributed by atoms with Crippen molar-refractivity contribution in [2.75, 3.05) is 28.4 Å². The van der Waals surface area contributed by atoms with Crippen molar-refractivity contribution in [1.82, 2.24) is 10.2 Å². The van der Waals surface area contributed by atoms with E-state index in [1.54, 1.807) is 21.3 Å². The van der Waals surface area contributed by atoms with Gasteiger partial charge in [-0.05, 0) is 73.2 Å². The lowest BCUT2D eigenvalue weighted by Gasteiger charge is -2.39. The van der Waals surface area contributed by atoms with E-state index in [2.05, 4.69) is 17.4 Å². The maximum absolute atomic E-state index is 12.4. The summed E-state index contributed by atoms with van der Waals surface area (Å²) in [5.74, 6) is 1.52. The SMILES string of the molecule is CNC(=O)N(/C=C\C=O)C1CC[C@@H](CC(C)OC(c2ccccc2)(c2ccc(OC)cc2)c2ccc(OC)cc2)O1.CO. The molecule has 3 atom stereocenters. The van der Waals surface area contributed by atoms with Crippen LogP contribution in [0.3, 0.4) is 0 Å². The molecular weight excluding hydrogens is 548 g/mol. The molecule has 0 radical (unpaired) electrons. The zero-order valence-corrected chi connectivity index (χ0v) is 25.4. The van der Waals surface area contributed by atoms with E-state index in [1.165, 1.54) is 17.2 Å². The first-order valence-corrected chi connectivity index (χ1v) is 14.2. The number of hydrogen-bond acceptors (Lipinski definition) is 7. The van der Waals surface area contributed by atoms with Gasteiger partial charge in [0.15, 0.2) is 0 Å². The van der Waals surface area contributed by atoms with Crippen molar-refractivity contribution in [3.05, 3.63) is 108 Å². The van der Waals surface area contributed by atoms with Crippen molar-refractivity contribution < 1.29 is 33.6 Å². The van der Waals surface area contributed by atoms with Gasteiger partial charge in [-0.2, -0.15) is 0 Å². The van der Waals surface area contributed by atoms with E-state index in [0.29, 0.717) is 19.1 Å². The fourth-order valence-corrected chi connectivity index (χ4v) is 5.36. The van der Waals surface area contributed by atoms with Crippen LogP contribution in [0.4, 0.5) is 4.79 Å². The van der Waals surface area contributed by atoms with Crippen LogP contribution in [0.5, 0.6) is 11.5 Å². The molecule has 3 aromatic carbocycles. The van der Waals surface area contributed by atoms with E-state index < -0.39 is 11.8 Å². The lowest BCUT2D eigenvalue weighted by molar-refractivity contribution is -0.104. The molecule has 0 saturated carbocycles. The summed E-state index contributed by atoms with van der Waals surface area (Å²) >= 11 is 0. The Morgan fingerprint density at radius 2 is 1.49 bits per heavy atom. The summed E-state index contributed by atoms with van der Waals surface area (Å²) in [6.45, 7) is 2.05. The maximum Gasteiger partial charge on any atom is 0.323 e. The van der Waals surface area contributed by atoms with Gasteiger partial charge < -0.3 is 29.4 Å².